The highest BCUT2D eigenvalue weighted by Gasteiger charge is 2.35. The van der Waals surface area contributed by atoms with Crippen LogP contribution in [0.5, 0.6) is 0 Å². The van der Waals surface area contributed by atoms with Crippen molar-refractivity contribution in [2.75, 3.05) is 0 Å². The molecule has 0 bridgehead atoms. The first-order chi connectivity index (χ1) is 7.33. The lowest BCUT2D eigenvalue weighted by Gasteiger charge is -2.00. The molecule has 2 atom stereocenters. The number of nitrogens with zero attached hydrogens (tertiary/aromatic N) is 1. The lowest BCUT2D eigenvalue weighted by Crippen LogP contribution is -2.17. The summed E-state index contributed by atoms with van der Waals surface area (Å²) in [6.07, 6.45) is 5.14. The zero-order chi connectivity index (χ0) is 10.7. The molecule has 1 aliphatic rings. The van der Waals surface area contributed by atoms with Crippen molar-refractivity contribution in [1.29, 1.82) is 0 Å². The third-order valence-corrected chi connectivity index (χ3v) is 4.07. The van der Waals surface area contributed by atoms with Crippen LogP contribution in [-0.2, 0) is 13.0 Å². The second kappa shape index (κ2) is 5.08. The van der Waals surface area contributed by atoms with Gasteiger partial charge in [0.05, 0.1) is 10.7 Å². The summed E-state index contributed by atoms with van der Waals surface area (Å²) in [6, 6.07) is 0.775. The molecule has 1 aromatic heterocycles. The highest BCUT2D eigenvalue weighted by atomic mass is 32.1. The summed E-state index contributed by atoms with van der Waals surface area (Å²) in [7, 11) is 0. The van der Waals surface area contributed by atoms with Crippen molar-refractivity contribution in [2.24, 2.45) is 5.92 Å². The molecule has 2 rings (SSSR count). The number of thiazole rings is 1. The molecule has 3 heteroatoms. The number of aromatic nitrogens is 1. The van der Waals surface area contributed by atoms with E-state index < -0.39 is 0 Å². The van der Waals surface area contributed by atoms with Crippen molar-refractivity contribution in [3.05, 3.63) is 16.1 Å². The molecule has 84 valence electrons. The lowest BCUT2D eigenvalue weighted by atomic mass is 10.2. The standard InChI is InChI=1S/C12H20N2S/c1-3-5-9-6-11(9)13-7-10-8-15-12(4-2)14-10/h8-9,11,13H,3-7H2,1-2H3. The topological polar surface area (TPSA) is 24.9 Å². The summed E-state index contributed by atoms with van der Waals surface area (Å²) < 4.78 is 0. The molecule has 0 saturated heterocycles. The molecule has 1 aliphatic carbocycles. The lowest BCUT2D eigenvalue weighted by molar-refractivity contribution is 0.594. The predicted molar refractivity (Wildman–Crippen MR) is 65.1 cm³/mol. The maximum absolute atomic E-state index is 4.56. The fourth-order valence-electron chi connectivity index (χ4n) is 2.02. The smallest absolute Gasteiger partial charge is 0.0926 e. The van der Waals surface area contributed by atoms with Crippen LogP contribution < -0.4 is 5.32 Å². The molecule has 0 radical (unpaired) electrons. The van der Waals surface area contributed by atoms with Crippen molar-refractivity contribution in [3.8, 4) is 0 Å². The summed E-state index contributed by atoms with van der Waals surface area (Å²) in [5, 5.41) is 7.03. The van der Waals surface area contributed by atoms with Crippen LogP contribution in [0.4, 0.5) is 0 Å². The average molecular weight is 224 g/mol. The molecule has 0 aromatic carbocycles. The fourth-order valence-corrected chi connectivity index (χ4v) is 2.76. The number of hydrogen-bond acceptors (Lipinski definition) is 3. The molecule has 0 aliphatic heterocycles. The maximum Gasteiger partial charge on any atom is 0.0926 e. The molecular formula is C12H20N2S. The SMILES string of the molecule is CCCC1CC1NCc1csc(CC)n1. The van der Waals surface area contributed by atoms with Crippen LogP contribution in [0.3, 0.4) is 0 Å². The Morgan fingerprint density at radius 1 is 1.53 bits per heavy atom. The number of aryl methyl sites for hydroxylation is 1. The first kappa shape index (κ1) is 11.1. The van der Waals surface area contributed by atoms with E-state index in [1.165, 1.54) is 30.0 Å². The monoisotopic (exact) mass is 224 g/mol. The Kier molecular flexibility index (Phi) is 3.76. The van der Waals surface area contributed by atoms with Gasteiger partial charge in [0.15, 0.2) is 0 Å². The van der Waals surface area contributed by atoms with Crippen LogP contribution >= 0.6 is 11.3 Å². The van der Waals surface area contributed by atoms with Crippen LogP contribution in [0.25, 0.3) is 0 Å². The first-order valence-corrected chi connectivity index (χ1v) is 6.88. The maximum atomic E-state index is 4.56. The van der Waals surface area contributed by atoms with Gasteiger partial charge in [-0.05, 0) is 25.2 Å². The Hall–Kier alpha value is -0.410. The number of nitrogens with one attached hydrogen (secondary N) is 1. The van der Waals surface area contributed by atoms with Crippen LogP contribution in [0.2, 0.25) is 0 Å². The normalized spacial score (nSPS) is 24.4. The van der Waals surface area contributed by atoms with E-state index in [-0.39, 0.29) is 0 Å². The van der Waals surface area contributed by atoms with Crippen LogP contribution in [0.15, 0.2) is 5.38 Å². The zero-order valence-electron chi connectivity index (χ0n) is 9.62. The third-order valence-electron chi connectivity index (χ3n) is 3.03. The molecule has 2 nitrogen and oxygen atoms in total. The van der Waals surface area contributed by atoms with Gasteiger partial charge in [0.1, 0.15) is 0 Å². The molecule has 1 fully saturated rings. The van der Waals surface area contributed by atoms with Crippen LogP contribution in [-0.4, -0.2) is 11.0 Å². The van der Waals surface area contributed by atoms with Gasteiger partial charge in [0.2, 0.25) is 0 Å². The second-order valence-corrected chi connectivity index (χ2v) is 5.30. The minimum absolute atomic E-state index is 0.775. The summed E-state index contributed by atoms with van der Waals surface area (Å²) >= 11 is 1.78. The third kappa shape index (κ3) is 3.02. The Bertz CT molecular complexity index is 308. The van der Waals surface area contributed by atoms with Crippen LogP contribution in [0, 0.1) is 5.92 Å². The highest BCUT2D eigenvalue weighted by molar-refractivity contribution is 7.09. The van der Waals surface area contributed by atoms with Crippen molar-refractivity contribution in [1.82, 2.24) is 10.3 Å². The second-order valence-electron chi connectivity index (χ2n) is 4.36. The van der Waals surface area contributed by atoms with Crippen LogP contribution in [0.1, 0.15) is 43.8 Å². The largest absolute Gasteiger partial charge is 0.308 e. The molecule has 2 unspecified atom stereocenters. The van der Waals surface area contributed by atoms with Crippen molar-refractivity contribution in [2.45, 2.75) is 52.1 Å². The predicted octanol–water partition coefficient (Wildman–Crippen LogP) is 2.98. The molecule has 0 spiro atoms. The van der Waals surface area contributed by atoms with Gasteiger partial charge < -0.3 is 5.32 Å². The fraction of sp³-hybridized carbons (Fsp3) is 0.750. The van der Waals surface area contributed by atoms with Crippen molar-refractivity contribution < 1.29 is 0 Å². The zero-order valence-corrected chi connectivity index (χ0v) is 10.4. The van der Waals surface area contributed by atoms with Crippen molar-refractivity contribution in [3.63, 3.8) is 0 Å². The molecule has 0 amide bonds. The Morgan fingerprint density at radius 3 is 3.07 bits per heavy atom. The van der Waals surface area contributed by atoms with Gasteiger partial charge in [-0.3, -0.25) is 0 Å². The number of hydrogen-bond donors (Lipinski definition) is 1. The average Bonchev–Trinajstić information content (AvgIpc) is 2.82. The Morgan fingerprint density at radius 2 is 2.40 bits per heavy atom. The summed E-state index contributed by atoms with van der Waals surface area (Å²) in [5.41, 5.74) is 1.22. The molecule has 15 heavy (non-hydrogen) atoms. The van der Waals surface area contributed by atoms with E-state index in [1.54, 1.807) is 11.3 Å². The molecule has 1 heterocycles. The van der Waals surface area contributed by atoms with E-state index in [4.69, 9.17) is 0 Å². The molecular weight excluding hydrogens is 204 g/mol. The summed E-state index contributed by atoms with van der Waals surface area (Å²) in [5.74, 6) is 0.944. The number of rotatable bonds is 6. The first-order valence-electron chi connectivity index (χ1n) is 6.00. The van der Waals surface area contributed by atoms with E-state index >= 15 is 0 Å². The van der Waals surface area contributed by atoms with Gasteiger partial charge >= 0.3 is 0 Å². The molecule has 1 aromatic rings. The van der Waals surface area contributed by atoms with E-state index in [0.717, 1.165) is 24.9 Å². The van der Waals surface area contributed by atoms with Gasteiger partial charge in [0, 0.05) is 18.0 Å². The minimum atomic E-state index is 0.775. The Balaban J connectivity index is 1.70. The summed E-state index contributed by atoms with van der Waals surface area (Å²) in [6.45, 7) is 5.39. The minimum Gasteiger partial charge on any atom is -0.308 e. The molecule has 1 saturated carbocycles. The van der Waals surface area contributed by atoms with E-state index in [1.807, 2.05) is 0 Å². The Labute approximate surface area is 96.1 Å². The summed E-state index contributed by atoms with van der Waals surface area (Å²) in [4.78, 5) is 4.56. The van der Waals surface area contributed by atoms with Gasteiger partial charge in [0.25, 0.3) is 0 Å². The van der Waals surface area contributed by atoms with Gasteiger partial charge in [-0.25, -0.2) is 4.98 Å². The van der Waals surface area contributed by atoms with Gasteiger partial charge in [-0.15, -0.1) is 11.3 Å². The quantitative estimate of drug-likeness (QED) is 0.803. The van der Waals surface area contributed by atoms with Crippen molar-refractivity contribution >= 4 is 11.3 Å². The van der Waals surface area contributed by atoms with Gasteiger partial charge in [-0.1, -0.05) is 20.3 Å². The highest BCUT2D eigenvalue weighted by Crippen LogP contribution is 2.34. The van der Waals surface area contributed by atoms with E-state index in [0.29, 0.717) is 0 Å². The van der Waals surface area contributed by atoms with E-state index in [9.17, 15) is 0 Å². The van der Waals surface area contributed by atoms with Gasteiger partial charge in [-0.2, -0.15) is 0 Å². The molecule has 1 N–H and O–H groups in total. The van der Waals surface area contributed by atoms with E-state index in [2.05, 4.69) is 29.5 Å².